The summed E-state index contributed by atoms with van der Waals surface area (Å²) in [6, 6.07) is 6.01. The lowest BCUT2D eigenvalue weighted by Crippen LogP contribution is -2.17. The van der Waals surface area contributed by atoms with Crippen LogP contribution in [0.4, 0.5) is 4.39 Å². The van der Waals surface area contributed by atoms with Gasteiger partial charge in [-0.3, -0.25) is 0 Å². The lowest BCUT2D eigenvalue weighted by atomic mass is 10.1. The molecule has 0 aromatic heterocycles. The molecule has 0 aliphatic rings. The maximum atomic E-state index is 12.8. The molecule has 1 rings (SSSR count). The molecule has 0 heterocycles. The summed E-state index contributed by atoms with van der Waals surface area (Å²) in [5.41, 5.74) is 0. The molecule has 3 heteroatoms. The van der Waals surface area contributed by atoms with Crippen LogP contribution in [-0.2, 0) is 0 Å². The van der Waals surface area contributed by atoms with Crippen LogP contribution in [0.1, 0.15) is 20.3 Å². The summed E-state index contributed by atoms with van der Waals surface area (Å²) in [7, 11) is 0. The van der Waals surface area contributed by atoms with Crippen molar-refractivity contribution >= 4 is 0 Å². The zero-order valence-corrected chi connectivity index (χ0v) is 9.11. The molecule has 15 heavy (non-hydrogen) atoms. The van der Waals surface area contributed by atoms with E-state index in [1.165, 1.54) is 12.1 Å². The average molecular weight is 212 g/mol. The van der Waals surface area contributed by atoms with Crippen LogP contribution in [-0.4, -0.2) is 17.8 Å². The number of hydrogen-bond donors (Lipinski definition) is 1. The third kappa shape index (κ3) is 4.30. The Balaban J connectivity index is 2.32. The number of rotatable bonds is 5. The minimum Gasteiger partial charge on any atom is -0.493 e. The van der Waals surface area contributed by atoms with Gasteiger partial charge in [0.15, 0.2) is 0 Å². The first kappa shape index (κ1) is 12.0. The largest absolute Gasteiger partial charge is 0.493 e. The second-order valence-corrected chi connectivity index (χ2v) is 3.91. The Morgan fingerprint density at radius 1 is 1.40 bits per heavy atom. The zero-order chi connectivity index (χ0) is 11.3. The molecule has 2 nitrogen and oxygen atoms in total. The average Bonchev–Trinajstić information content (AvgIpc) is 2.17. The van der Waals surface area contributed by atoms with Gasteiger partial charge in [-0.05, 0) is 18.1 Å². The van der Waals surface area contributed by atoms with Crippen LogP contribution in [0.15, 0.2) is 24.3 Å². The van der Waals surface area contributed by atoms with Crippen LogP contribution in [0.25, 0.3) is 0 Å². The van der Waals surface area contributed by atoms with Crippen molar-refractivity contribution in [2.24, 2.45) is 5.92 Å². The van der Waals surface area contributed by atoms with Crippen LogP contribution in [0.3, 0.4) is 0 Å². The highest BCUT2D eigenvalue weighted by Crippen LogP contribution is 2.13. The van der Waals surface area contributed by atoms with E-state index in [0.29, 0.717) is 18.8 Å². The summed E-state index contributed by atoms with van der Waals surface area (Å²) in [4.78, 5) is 0. The minimum absolute atomic E-state index is 0.223. The van der Waals surface area contributed by atoms with Crippen LogP contribution in [0.5, 0.6) is 5.75 Å². The molecule has 1 aromatic carbocycles. The van der Waals surface area contributed by atoms with Crippen LogP contribution in [0, 0.1) is 11.7 Å². The van der Waals surface area contributed by atoms with Gasteiger partial charge in [-0.2, -0.15) is 0 Å². The molecule has 0 spiro atoms. The minimum atomic E-state index is -0.362. The van der Waals surface area contributed by atoms with E-state index >= 15 is 0 Å². The Morgan fingerprint density at radius 3 is 2.73 bits per heavy atom. The van der Waals surface area contributed by atoms with Gasteiger partial charge in [0.2, 0.25) is 0 Å². The Morgan fingerprint density at radius 2 is 2.13 bits per heavy atom. The van der Waals surface area contributed by atoms with Crippen LogP contribution >= 0.6 is 0 Å². The summed E-state index contributed by atoms with van der Waals surface area (Å²) >= 11 is 0. The number of ether oxygens (including phenoxy) is 1. The fourth-order valence-electron chi connectivity index (χ4n) is 1.19. The van der Waals surface area contributed by atoms with Crippen molar-refractivity contribution in [3.05, 3.63) is 30.1 Å². The van der Waals surface area contributed by atoms with E-state index in [0.717, 1.165) is 0 Å². The SMILES string of the molecule is CC(C)C(O)CCOc1cccc(F)c1. The predicted molar refractivity (Wildman–Crippen MR) is 57.4 cm³/mol. The number of hydrogen-bond acceptors (Lipinski definition) is 2. The molecule has 84 valence electrons. The third-order valence-electron chi connectivity index (χ3n) is 2.25. The summed E-state index contributed by atoms with van der Waals surface area (Å²) in [5.74, 6) is 0.420. The molecule has 0 aliphatic carbocycles. The number of benzene rings is 1. The Hall–Kier alpha value is -1.09. The normalized spacial score (nSPS) is 12.9. The van der Waals surface area contributed by atoms with Gasteiger partial charge in [-0.1, -0.05) is 19.9 Å². The maximum absolute atomic E-state index is 12.8. The molecule has 1 N–H and O–H groups in total. The summed E-state index contributed by atoms with van der Waals surface area (Å²) in [6.45, 7) is 4.31. The number of halogens is 1. The lowest BCUT2D eigenvalue weighted by Gasteiger charge is -2.14. The van der Waals surface area contributed by atoms with Gasteiger partial charge in [0.1, 0.15) is 11.6 Å². The van der Waals surface area contributed by atoms with Crippen molar-refractivity contribution in [1.82, 2.24) is 0 Å². The van der Waals surface area contributed by atoms with Gasteiger partial charge in [-0.25, -0.2) is 4.39 Å². The maximum Gasteiger partial charge on any atom is 0.126 e. The fraction of sp³-hybridized carbons (Fsp3) is 0.500. The van der Waals surface area contributed by atoms with Gasteiger partial charge in [0, 0.05) is 12.5 Å². The molecule has 0 bridgehead atoms. The van der Waals surface area contributed by atoms with E-state index in [9.17, 15) is 9.50 Å². The number of aliphatic hydroxyl groups is 1. The van der Waals surface area contributed by atoms with Gasteiger partial charge in [0.05, 0.1) is 12.7 Å². The van der Waals surface area contributed by atoms with Crippen molar-refractivity contribution in [3.63, 3.8) is 0 Å². The molecule has 1 aromatic rings. The van der Waals surface area contributed by atoms with E-state index in [4.69, 9.17) is 4.74 Å². The predicted octanol–water partition coefficient (Wildman–Crippen LogP) is 2.61. The molecular formula is C12H17FO2. The monoisotopic (exact) mass is 212 g/mol. The highest BCUT2D eigenvalue weighted by atomic mass is 19.1. The van der Waals surface area contributed by atoms with Gasteiger partial charge in [-0.15, -0.1) is 0 Å². The van der Waals surface area contributed by atoms with Crippen molar-refractivity contribution in [2.75, 3.05) is 6.61 Å². The van der Waals surface area contributed by atoms with Crippen molar-refractivity contribution in [2.45, 2.75) is 26.4 Å². The Bertz CT molecular complexity index is 299. The third-order valence-corrected chi connectivity index (χ3v) is 2.25. The summed E-state index contributed by atoms with van der Waals surface area (Å²) in [6.07, 6.45) is 0.201. The van der Waals surface area contributed by atoms with Gasteiger partial charge < -0.3 is 9.84 Å². The van der Waals surface area contributed by atoms with Crippen molar-refractivity contribution in [1.29, 1.82) is 0 Å². The van der Waals surface area contributed by atoms with Gasteiger partial charge in [0.25, 0.3) is 0 Å². The van der Waals surface area contributed by atoms with Gasteiger partial charge >= 0.3 is 0 Å². The molecular weight excluding hydrogens is 195 g/mol. The topological polar surface area (TPSA) is 29.5 Å². The van der Waals surface area contributed by atoms with Crippen LogP contribution in [0.2, 0.25) is 0 Å². The van der Waals surface area contributed by atoms with E-state index < -0.39 is 0 Å². The molecule has 0 amide bonds. The second-order valence-electron chi connectivity index (χ2n) is 3.91. The highest BCUT2D eigenvalue weighted by Gasteiger charge is 2.08. The first-order valence-electron chi connectivity index (χ1n) is 5.16. The summed E-state index contributed by atoms with van der Waals surface area (Å²) in [5, 5.41) is 9.50. The van der Waals surface area contributed by atoms with Crippen molar-refractivity contribution in [3.8, 4) is 5.75 Å². The first-order valence-corrected chi connectivity index (χ1v) is 5.16. The summed E-state index contributed by atoms with van der Waals surface area (Å²) < 4.78 is 18.1. The van der Waals surface area contributed by atoms with E-state index in [-0.39, 0.29) is 17.8 Å². The Labute approximate surface area is 89.7 Å². The van der Waals surface area contributed by atoms with Crippen molar-refractivity contribution < 1.29 is 14.2 Å². The second kappa shape index (κ2) is 5.71. The highest BCUT2D eigenvalue weighted by molar-refractivity contribution is 5.22. The molecule has 0 aliphatic heterocycles. The van der Waals surface area contributed by atoms with E-state index in [1.807, 2.05) is 13.8 Å². The molecule has 0 fully saturated rings. The molecule has 1 unspecified atom stereocenters. The van der Waals surface area contributed by atoms with E-state index in [2.05, 4.69) is 0 Å². The van der Waals surface area contributed by atoms with E-state index in [1.54, 1.807) is 12.1 Å². The number of aliphatic hydroxyl groups excluding tert-OH is 1. The molecule has 0 saturated carbocycles. The molecule has 1 atom stereocenters. The lowest BCUT2D eigenvalue weighted by molar-refractivity contribution is 0.0976. The molecule has 0 saturated heterocycles. The zero-order valence-electron chi connectivity index (χ0n) is 9.11. The van der Waals surface area contributed by atoms with Crippen LogP contribution < -0.4 is 4.74 Å². The first-order chi connectivity index (χ1) is 7.09. The standard InChI is InChI=1S/C12H17FO2/c1-9(2)12(14)6-7-15-11-5-3-4-10(13)8-11/h3-5,8-9,12,14H,6-7H2,1-2H3. The Kier molecular flexibility index (Phi) is 4.56. The quantitative estimate of drug-likeness (QED) is 0.813. The smallest absolute Gasteiger partial charge is 0.126 e. The molecule has 0 radical (unpaired) electrons. The fourth-order valence-corrected chi connectivity index (χ4v) is 1.19.